The molecule has 9 heteroatoms. The molecule has 1 unspecified atom stereocenters. The molecule has 0 aromatic heterocycles. The summed E-state index contributed by atoms with van der Waals surface area (Å²) in [7, 11) is 0. The van der Waals surface area contributed by atoms with Crippen LogP contribution in [0.2, 0.25) is 5.02 Å². The van der Waals surface area contributed by atoms with Crippen LogP contribution in [0.25, 0.3) is 0 Å². The van der Waals surface area contributed by atoms with E-state index in [2.05, 4.69) is 16.0 Å². The zero-order valence-corrected chi connectivity index (χ0v) is 14.9. The number of carbonyl (C=O) groups is 2. The lowest BCUT2D eigenvalue weighted by Crippen LogP contribution is -2.45. The molecule has 0 saturated heterocycles. The van der Waals surface area contributed by atoms with E-state index in [0.29, 0.717) is 27.5 Å². The third-order valence-corrected chi connectivity index (χ3v) is 4.27. The maximum absolute atomic E-state index is 12.8. The van der Waals surface area contributed by atoms with Gasteiger partial charge in [0.25, 0.3) is 11.6 Å². The number of nitrogens with zero attached hydrogens (tertiary/aromatic N) is 1. The molecule has 2 aromatic rings. The van der Waals surface area contributed by atoms with Gasteiger partial charge in [0.2, 0.25) is 0 Å². The Morgan fingerprint density at radius 1 is 1.22 bits per heavy atom. The Kier molecular flexibility index (Phi) is 5.09. The van der Waals surface area contributed by atoms with Gasteiger partial charge in [-0.1, -0.05) is 17.7 Å². The minimum atomic E-state index is -0.751. The largest absolute Gasteiger partial charge is 0.327 e. The molecular weight excluding hydrogens is 372 g/mol. The Bertz CT molecular complexity index is 956. The van der Waals surface area contributed by atoms with Crippen molar-refractivity contribution < 1.29 is 14.5 Å². The Morgan fingerprint density at radius 3 is 2.56 bits per heavy atom. The van der Waals surface area contributed by atoms with Gasteiger partial charge in [0.1, 0.15) is 0 Å². The lowest BCUT2D eigenvalue weighted by atomic mass is 9.94. The smallest absolute Gasteiger partial charge is 0.319 e. The van der Waals surface area contributed by atoms with E-state index in [1.54, 1.807) is 31.2 Å². The van der Waals surface area contributed by atoms with Crippen molar-refractivity contribution in [3.63, 3.8) is 0 Å². The zero-order chi connectivity index (χ0) is 19.6. The highest BCUT2D eigenvalue weighted by Gasteiger charge is 2.31. The third-order valence-electron chi connectivity index (χ3n) is 4.03. The molecule has 138 valence electrons. The summed E-state index contributed by atoms with van der Waals surface area (Å²) in [6.07, 6.45) is 0. The summed E-state index contributed by atoms with van der Waals surface area (Å²) in [5.41, 5.74) is 1.66. The van der Waals surface area contributed by atoms with Crippen LogP contribution in [0.4, 0.5) is 16.2 Å². The number of carbonyl (C=O) groups excluding carboxylic acids is 2. The molecule has 8 nitrogen and oxygen atoms in total. The molecule has 3 N–H and O–H groups in total. The van der Waals surface area contributed by atoms with Gasteiger partial charge in [-0.2, -0.15) is 0 Å². The predicted octanol–water partition coefficient (Wildman–Crippen LogP) is 3.51. The number of nitrogens with one attached hydrogen (secondary N) is 3. The maximum atomic E-state index is 12.8. The fourth-order valence-electron chi connectivity index (χ4n) is 2.80. The summed E-state index contributed by atoms with van der Waals surface area (Å²) >= 11 is 5.94. The van der Waals surface area contributed by atoms with E-state index in [4.69, 9.17) is 11.6 Å². The van der Waals surface area contributed by atoms with Crippen molar-refractivity contribution in [2.45, 2.75) is 13.0 Å². The molecule has 1 aliphatic rings. The van der Waals surface area contributed by atoms with Crippen LogP contribution in [0.3, 0.4) is 0 Å². The monoisotopic (exact) mass is 386 g/mol. The van der Waals surface area contributed by atoms with Crippen molar-refractivity contribution in [3.05, 3.63) is 80.5 Å². The van der Waals surface area contributed by atoms with Gasteiger partial charge in [0, 0.05) is 28.5 Å². The Labute approximate surface area is 159 Å². The summed E-state index contributed by atoms with van der Waals surface area (Å²) in [6, 6.07) is 11.1. The van der Waals surface area contributed by atoms with E-state index >= 15 is 0 Å². The van der Waals surface area contributed by atoms with Crippen LogP contribution in [-0.4, -0.2) is 16.9 Å². The van der Waals surface area contributed by atoms with Gasteiger partial charge in [0.05, 0.1) is 16.5 Å². The molecule has 0 radical (unpaired) electrons. The van der Waals surface area contributed by atoms with E-state index in [1.165, 1.54) is 24.3 Å². The van der Waals surface area contributed by atoms with E-state index in [-0.39, 0.29) is 5.69 Å². The third kappa shape index (κ3) is 4.06. The quantitative estimate of drug-likeness (QED) is 0.551. The number of allylic oxidation sites excluding steroid dienone is 1. The summed E-state index contributed by atoms with van der Waals surface area (Å²) in [5, 5.41) is 19.3. The molecule has 1 heterocycles. The van der Waals surface area contributed by atoms with Crippen LogP contribution < -0.4 is 16.0 Å². The normalized spacial score (nSPS) is 16.4. The molecule has 1 aliphatic heterocycles. The molecule has 0 spiro atoms. The second-order valence-electron chi connectivity index (χ2n) is 5.88. The highest BCUT2D eigenvalue weighted by Crippen LogP contribution is 2.29. The van der Waals surface area contributed by atoms with Gasteiger partial charge in [-0.15, -0.1) is 0 Å². The van der Waals surface area contributed by atoms with Crippen LogP contribution in [-0.2, 0) is 4.79 Å². The Hall–Kier alpha value is -3.39. The van der Waals surface area contributed by atoms with E-state index in [1.807, 2.05) is 0 Å². The van der Waals surface area contributed by atoms with Crippen molar-refractivity contribution in [3.8, 4) is 0 Å². The van der Waals surface area contributed by atoms with E-state index in [9.17, 15) is 19.7 Å². The fourth-order valence-corrected chi connectivity index (χ4v) is 2.99. The Morgan fingerprint density at radius 2 is 1.93 bits per heavy atom. The van der Waals surface area contributed by atoms with Gasteiger partial charge in [-0.05, 0) is 42.8 Å². The highest BCUT2D eigenvalue weighted by molar-refractivity contribution is 6.31. The van der Waals surface area contributed by atoms with Crippen LogP contribution in [0.15, 0.2) is 59.8 Å². The molecule has 3 amide bonds. The number of nitro groups is 1. The molecule has 3 rings (SSSR count). The van der Waals surface area contributed by atoms with Crippen molar-refractivity contribution in [1.82, 2.24) is 10.6 Å². The van der Waals surface area contributed by atoms with Crippen LogP contribution in [0.5, 0.6) is 0 Å². The number of rotatable bonds is 4. The maximum Gasteiger partial charge on any atom is 0.319 e. The fraction of sp³-hybridized carbons (Fsp3) is 0.111. The molecule has 0 saturated carbocycles. The highest BCUT2D eigenvalue weighted by atomic mass is 35.5. The summed E-state index contributed by atoms with van der Waals surface area (Å²) in [4.78, 5) is 35.1. The minimum absolute atomic E-state index is 0.0790. The SMILES string of the molecule is CC1=C(C(=O)Nc2cccc(Cl)c2)C(c2ccc([N+](=O)[O-])cc2)NC(=O)N1. The Balaban J connectivity index is 1.93. The number of benzene rings is 2. The number of hydrogen-bond donors (Lipinski definition) is 3. The average Bonchev–Trinajstić information content (AvgIpc) is 2.61. The van der Waals surface area contributed by atoms with Crippen molar-refractivity contribution >= 4 is 34.9 Å². The van der Waals surface area contributed by atoms with Crippen molar-refractivity contribution in [2.75, 3.05) is 5.32 Å². The van der Waals surface area contributed by atoms with Crippen molar-refractivity contribution in [1.29, 1.82) is 0 Å². The number of amides is 3. The minimum Gasteiger partial charge on any atom is -0.327 e. The first kappa shape index (κ1) is 18.4. The molecule has 0 bridgehead atoms. The first-order valence-electron chi connectivity index (χ1n) is 7.94. The number of halogens is 1. The van der Waals surface area contributed by atoms with Gasteiger partial charge in [-0.25, -0.2) is 4.79 Å². The second-order valence-corrected chi connectivity index (χ2v) is 6.32. The van der Waals surface area contributed by atoms with Gasteiger partial charge in [-0.3, -0.25) is 14.9 Å². The zero-order valence-electron chi connectivity index (χ0n) is 14.2. The lowest BCUT2D eigenvalue weighted by molar-refractivity contribution is -0.384. The number of hydrogen-bond acceptors (Lipinski definition) is 4. The lowest BCUT2D eigenvalue weighted by Gasteiger charge is -2.28. The molecule has 2 aromatic carbocycles. The summed E-state index contributed by atoms with van der Waals surface area (Å²) in [5.74, 6) is -0.425. The van der Waals surface area contributed by atoms with Crippen LogP contribution in [0.1, 0.15) is 18.5 Å². The van der Waals surface area contributed by atoms with Gasteiger partial charge < -0.3 is 16.0 Å². The number of nitro benzene ring substituents is 1. The molecule has 0 fully saturated rings. The number of non-ortho nitro benzene ring substituents is 1. The van der Waals surface area contributed by atoms with Gasteiger partial charge in [0.15, 0.2) is 0 Å². The summed E-state index contributed by atoms with van der Waals surface area (Å²) in [6.45, 7) is 1.62. The number of urea groups is 1. The molecular formula is C18H15ClN4O4. The van der Waals surface area contributed by atoms with Crippen molar-refractivity contribution in [2.24, 2.45) is 0 Å². The molecule has 27 heavy (non-hydrogen) atoms. The molecule has 1 atom stereocenters. The standard InChI is InChI=1S/C18H15ClN4O4/c1-10-15(17(24)21-13-4-2-3-12(19)9-13)16(22-18(25)20-10)11-5-7-14(8-6-11)23(26)27/h2-9,16H,1H3,(H,21,24)(H2,20,22,25). The number of anilines is 1. The van der Waals surface area contributed by atoms with Crippen LogP contribution >= 0.6 is 11.6 Å². The topological polar surface area (TPSA) is 113 Å². The van der Waals surface area contributed by atoms with Gasteiger partial charge >= 0.3 is 6.03 Å². The first-order chi connectivity index (χ1) is 12.8. The summed E-state index contributed by atoms with van der Waals surface area (Å²) < 4.78 is 0. The molecule has 0 aliphatic carbocycles. The second kappa shape index (κ2) is 7.46. The average molecular weight is 387 g/mol. The first-order valence-corrected chi connectivity index (χ1v) is 8.32. The predicted molar refractivity (Wildman–Crippen MR) is 100 cm³/mol. The van der Waals surface area contributed by atoms with Crippen LogP contribution in [0, 0.1) is 10.1 Å². The van der Waals surface area contributed by atoms with E-state index in [0.717, 1.165) is 0 Å². The van der Waals surface area contributed by atoms with E-state index < -0.39 is 22.9 Å².